The molecule has 66 heavy (non-hydrogen) atoms. The lowest BCUT2D eigenvalue weighted by Crippen LogP contribution is -2.52. The monoisotopic (exact) mass is 925 g/mol. The van der Waals surface area contributed by atoms with Crippen LogP contribution in [0.4, 0.5) is 8.78 Å². The number of carbonyl (C=O) groups excluding carboxylic acids is 2. The molecule has 0 saturated heterocycles. The van der Waals surface area contributed by atoms with Gasteiger partial charge in [-0.2, -0.15) is 0 Å². The fourth-order valence-electron chi connectivity index (χ4n) is 8.89. The summed E-state index contributed by atoms with van der Waals surface area (Å²) in [6, 6.07) is 12.6. The van der Waals surface area contributed by atoms with Crippen LogP contribution in [0.3, 0.4) is 0 Å². The average Bonchev–Trinajstić information content (AvgIpc) is 3.31. The smallest absolute Gasteiger partial charge is 0.250 e. The van der Waals surface area contributed by atoms with Crippen molar-refractivity contribution >= 4 is 11.8 Å². The zero-order valence-corrected chi connectivity index (χ0v) is 42.6. The van der Waals surface area contributed by atoms with Crippen LogP contribution in [0, 0.1) is 17.0 Å². The lowest BCUT2D eigenvalue weighted by Gasteiger charge is -2.28. The van der Waals surface area contributed by atoms with Gasteiger partial charge in [0, 0.05) is 31.6 Å². The minimum atomic E-state index is -1.24. The third-order valence-corrected chi connectivity index (χ3v) is 13.3. The highest BCUT2D eigenvalue weighted by atomic mass is 19.1. The molecule has 2 aromatic carbocycles. The number of amides is 2. The molecule has 3 atom stereocenters. The molecule has 0 radical (unpaired) electrons. The largest absolute Gasteiger partial charge is 0.382 e. The molecule has 378 valence electrons. The average molecular weight is 925 g/mol. The van der Waals surface area contributed by atoms with Gasteiger partial charge in [0.05, 0.1) is 0 Å². The van der Waals surface area contributed by atoms with Crippen molar-refractivity contribution in [1.82, 2.24) is 21.3 Å². The Labute approximate surface area is 403 Å². The van der Waals surface area contributed by atoms with Crippen molar-refractivity contribution in [3.8, 4) is 0 Å². The Bertz CT molecular complexity index is 1480. The molecule has 0 spiro atoms. The number of unbranched alkanes of at least 4 members (excludes halogenated alkanes) is 26. The fraction of sp³-hybridized carbons (Fsp3) is 0.754. The molecule has 2 amide bonds. The Morgan fingerprint density at radius 2 is 1.00 bits per heavy atom. The number of carbonyl (C=O) groups is 2. The van der Waals surface area contributed by atoms with E-state index >= 15 is 0 Å². The number of aliphatic hydroxyl groups excluding tert-OH is 1. The fourth-order valence-corrected chi connectivity index (χ4v) is 8.89. The molecule has 5 N–H and O–H groups in total. The van der Waals surface area contributed by atoms with Crippen LogP contribution in [-0.4, -0.2) is 61.3 Å². The minimum Gasteiger partial charge on any atom is -0.382 e. The van der Waals surface area contributed by atoms with Crippen molar-refractivity contribution in [2.75, 3.05) is 26.2 Å². The Kier molecular flexibility index (Phi) is 35.0. The summed E-state index contributed by atoms with van der Waals surface area (Å²) in [4.78, 5) is 26.8. The first-order chi connectivity index (χ1) is 32.0. The number of benzene rings is 2. The van der Waals surface area contributed by atoms with Gasteiger partial charge in [-0.1, -0.05) is 225 Å². The predicted molar refractivity (Wildman–Crippen MR) is 275 cm³/mol. The van der Waals surface area contributed by atoms with Crippen molar-refractivity contribution in [3.05, 3.63) is 71.3 Å². The van der Waals surface area contributed by atoms with E-state index in [1.165, 1.54) is 160 Å². The second kappa shape index (κ2) is 39.0. The molecule has 2 rings (SSSR count). The molecule has 0 aromatic heterocycles. The van der Waals surface area contributed by atoms with Gasteiger partial charge in [-0.05, 0) is 73.5 Å². The van der Waals surface area contributed by atoms with Crippen molar-refractivity contribution in [1.29, 1.82) is 0 Å². The highest BCUT2D eigenvalue weighted by Gasteiger charge is 2.28. The summed E-state index contributed by atoms with van der Waals surface area (Å²) in [5.41, 5.74) is 0.800. The van der Waals surface area contributed by atoms with E-state index in [9.17, 15) is 23.5 Å². The van der Waals surface area contributed by atoms with Crippen LogP contribution in [0.5, 0.6) is 0 Å². The maximum Gasteiger partial charge on any atom is 0.250 e. The van der Waals surface area contributed by atoms with Crippen LogP contribution < -0.4 is 21.3 Å². The number of halogens is 2. The van der Waals surface area contributed by atoms with Gasteiger partial charge in [0.15, 0.2) is 0 Å². The molecule has 0 fully saturated rings. The number of aliphatic hydroxyl groups is 1. The van der Waals surface area contributed by atoms with E-state index in [-0.39, 0.29) is 36.9 Å². The maximum atomic E-state index is 14.7. The first-order valence-electron chi connectivity index (χ1n) is 27.2. The first kappa shape index (κ1) is 59.2. The van der Waals surface area contributed by atoms with Gasteiger partial charge in [-0.15, -0.1) is 0 Å². The Balaban J connectivity index is 1.76. The molecule has 7 nitrogen and oxygen atoms in total. The van der Waals surface area contributed by atoms with Crippen molar-refractivity contribution in [3.63, 3.8) is 0 Å². The van der Waals surface area contributed by atoms with E-state index < -0.39 is 35.1 Å². The van der Waals surface area contributed by atoms with E-state index in [0.29, 0.717) is 19.5 Å². The molecule has 0 saturated carbocycles. The number of rotatable bonds is 44. The molecule has 0 aliphatic heterocycles. The van der Waals surface area contributed by atoms with Crippen molar-refractivity contribution < 1.29 is 23.5 Å². The van der Waals surface area contributed by atoms with Crippen LogP contribution in [0.25, 0.3) is 0 Å². The zero-order chi connectivity index (χ0) is 47.9. The van der Waals surface area contributed by atoms with Gasteiger partial charge in [0.1, 0.15) is 17.7 Å². The molecule has 0 heterocycles. The first-order valence-corrected chi connectivity index (χ1v) is 27.2. The summed E-state index contributed by atoms with van der Waals surface area (Å²) < 4.78 is 28.8. The SMILES string of the molecule is CCCCCCCCCCCCCCCCNC(CC(=O)NCC(C)(C)CNC(=O)C(O)C(Cc1ccccc1)NCCCCCCCCCCCCCCCC)Cc1cc(F)ccc1F. The lowest BCUT2D eigenvalue weighted by atomic mass is 9.92. The van der Waals surface area contributed by atoms with Crippen LogP contribution in [-0.2, 0) is 22.4 Å². The topological polar surface area (TPSA) is 102 Å². The zero-order valence-electron chi connectivity index (χ0n) is 42.6. The second-order valence-corrected chi connectivity index (χ2v) is 20.3. The quantitative estimate of drug-likeness (QED) is 0.0426. The third kappa shape index (κ3) is 31.2. The van der Waals surface area contributed by atoms with Gasteiger partial charge >= 0.3 is 0 Å². The summed E-state index contributed by atoms with van der Waals surface area (Å²) in [5.74, 6) is -1.60. The Hall–Kier alpha value is -2.88. The summed E-state index contributed by atoms with van der Waals surface area (Å²) in [7, 11) is 0. The molecule has 0 bridgehead atoms. The normalized spacial score (nSPS) is 13.1. The minimum absolute atomic E-state index is 0.113. The second-order valence-electron chi connectivity index (χ2n) is 20.3. The number of hydrogen-bond acceptors (Lipinski definition) is 5. The molecule has 0 aliphatic rings. The van der Waals surface area contributed by atoms with Crippen molar-refractivity contribution in [2.24, 2.45) is 5.41 Å². The third-order valence-electron chi connectivity index (χ3n) is 13.3. The summed E-state index contributed by atoms with van der Waals surface area (Å²) in [6.45, 7) is 10.4. The molecular formula is C57H98F2N4O3. The van der Waals surface area contributed by atoms with Gasteiger partial charge in [0.2, 0.25) is 5.91 Å². The van der Waals surface area contributed by atoms with Crippen LogP contribution >= 0.6 is 0 Å². The molecule has 0 aliphatic carbocycles. The molecular weight excluding hydrogens is 827 g/mol. The van der Waals surface area contributed by atoms with Gasteiger partial charge in [-0.25, -0.2) is 8.78 Å². The van der Waals surface area contributed by atoms with E-state index in [1.54, 1.807) is 0 Å². The maximum absolute atomic E-state index is 14.7. The molecule has 3 unspecified atom stereocenters. The van der Waals surface area contributed by atoms with Crippen LogP contribution in [0.2, 0.25) is 0 Å². The van der Waals surface area contributed by atoms with E-state index in [0.717, 1.165) is 49.9 Å². The van der Waals surface area contributed by atoms with E-state index in [4.69, 9.17) is 0 Å². The Morgan fingerprint density at radius 3 is 1.48 bits per heavy atom. The predicted octanol–water partition coefficient (Wildman–Crippen LogP) is 13.6. The summed E-state index contributed by atoms with van der Waals surface area (Å²) in [6.07, 6.45) is 35.6. The highest BCUT2D eigenvalue weighted by molar-refractivity contribution is 5.81. The van der Waals surface area contributed by atoms with Crippen LogP contribution in [0.1, 0.15) is 225 Å². The van der Waals surface area contributed by atoms with Gasteiger partial charge in [0.25, 0.3) is 5.91 Å². The van der Waals surface area contributed by atoms with Crippen LogP contribution in [0.15, 0.2) is 48.5 Å². The number of nitrogens with one attached hydrogen (secondary N) is 4. The Morgan fingerprint density at radius 1 is 0.561 bits per heavy atom. The van der Waals surface area contributed by atoms with E-state index in [2.05, 4.69) is 35.1 Å². The standard InChI is InChI=1S/C57H98F2N4O3/c1-5-7-9-11-13-15-17-19-21-23-25-27-29-34-40-60-51(44-49-43-50(58)38-39-52(49)59)45-54(64)62-46-57(3,4)47-63-56(66)55(65)53(42-48-36-32-31-33-37-48)61-41-35-30-28-26-24-22-20-18-16-14-12-10-8-6-2/h31-33,36-39,43,51,53,55,60-61,65H,5-30,34-35,40-42,44-47H2,1-4H3,(H,62,64)(H,63,66). The number of hydrogen-bond donors (Lipinski definition) is 5. The lowest BCUT2D eigenvalue weighted by molar-refractivity contribution is -0.131. The van der Waals surface area contributed by atoms with Gasteiger partial charge < -0.3 is 26.4 Å². The van der Waals surface area contributed by atoms with E-state index in [1.807, 2.05) is 44.2 Å². The summed E-state index contributed by atoms with van der Waals surface area (Å²) in [5, 5.41) is 24.3. The van der Waals surface area contributed by atoms with Crippen molar-refractivity contribution in [2.45, 2.75) is 245 Å². The van der Waals surface area contributed by atoms with Gasteiger partial charge in [-0.3, -0.25) is 9.59 Å². The molecule has 9 heteroatoms. The molecule has 2 aromatic rings. The highest BCUT2D eigenvalue weighted by Crippen LogP contribution is 2.18. The summed E-state index contributed by atoms with van der Waals surface area (Å²) >= 11 is 0.